The molecule has 0 bridgehead atoms. The number of hydrogen-bond donors (Lipinski definition) is 0. The quantitative estimate of drug-likeness (QED) is 0.250. The van der Waals surface area contributed by atoms with Gasteiger partial charge in [-0.3, -0.25) is 4.57 Å². The summed E-state index contributed by atoms with van der Waals surface area (Å²) < 4.78 is 4.51. The van der Waals surface area contributed by atoms with Crippen LogP contribution in [0.3, 0.4) is 0 Å². The SMILES string of the molecule is Cc1ccccc1-c1ccc2c(c1)c1cc(-c3ccccc3C)ccc1n2-c1nc2ccccc2n1C. The van der Waals surface area contributed by atoms with Crippen molar-refractivity contribution in [2.45, 2.75) is 13.8 Å². The molecule has 2 heterocycles. The summed E-state index contributed by atoms with van der Waals surface area (Å²) >= 11 is 0. The Morgan fingerprint density at radius 3 is 1.59 bits per heavy atom. The van der Waals surface area contributed by atoms with Crippen LogP contribution in [-0.2, 0) is 7.05 Å². The normalized spacial score (nSPS) is 11.6. The number of imidazole rings is 1. The number of para-hydroxylation sites is 2. The fourth-order valence-corrected chi connectivity index (χ4v) is 5.70. The van der Waals surface area contributed by atoms with Gasteiger partial charge in [-0.2, -0.15) is 0 Å². The summed E-state index contributed by atoms with van der Waals surface area (Å²) in [7, 11) is 2.10. The molecule has 0 fully saturated rings. The molecule has 7 aromatic rings. The first-order chi connectivity index (χ1) is 18.1. The third kappa shape index (κ3) is 3.31. The molecular weight excluding hydrogens is 450 g/mol. The Morgan fingerprint density at radius 1 is 0.541 bits per heavy atom. The third-order valence-electron chi connectivity index (χ3n) is 7.64. The van der Waals surface area contributed by atoms with Gasteiger partial charge in [0.1, 0.15) is 0 Å². The van der Waals surface area contributed by atoms with Gasteiger partial charge >= 0.3 is 0 Å². The molecule has 37 heavy (non-hydrogen) atoms. The molecule has 0 aliphatic carbocycles. The molecule has 3 nitrogen and oxygen atoms in total. The average Bonchev–Trinajstić information content (AvgIpc) is 3.42. The van der Waals surface area contributed by atoms with Crippen molar-refractivity contribution in [2.24, 2.45) is 7.05 Å². The highest BCUT2D eigenvalue weighted by atomic mass is 15.2. The Hall–Kier alpha value is -4.63. The van der Waals surface area contributed by atoms with Crippen molar-refractivity contribution in [3.05, 3.63) is 120 Å². The van der Waals surface area contributed by atoms with Gasteiger partial charge in [-0.15, -0.1) is 0 Å². The van der Waals surface area contributed by atoms with Gasteiger partial charge in [-0.1, -0.05) is 72.8 Å². The Morgan fingerprint density at radius 2 is 1.05 bits per heavy atom. The highest BCUT2D eigenvalue weighted by molar-refractivity contribution is 6.11. The van der Waals surface area contributed by atoms with E-state index in [1.54, 1.807) is 0 Å². The fraction of sp³-hybridized carbons (Fsp3) is 0.0882. The van der Waals surface area contributed by atoms with Crippen molar-refractivity contribution in [1.82, 2.24) is 14.1 Å². The minimum absolute atomic E-state index is 0.925. The summed E-state index contributed by atoms with van der Waals surface area (Å²) in [6, 6.07) is 39.2. The van der Waals surface area contributed by atoms with Gasteiger partial charge in [0.05, 0.1) is 22.1 Å². The van der Waals surface area contributed by atoms with Crippen LogP contribution in [0, 0.1) is 13.8 Å². The van der Waals surface area contributed by atoms with Gasteiger partial charge in [0.25, 0.3) is 0 Å². The summed E-state index contributed by atoms with van der Waals surface area (Å²) in [5, 5.41) is 2.47. The number of hydrogen-bond acceptors (Lipinski definition) is 1. The Bertz CT molecular complexity index is 1870. The number of rotatable bonds is 3. The molecule has 178 valence electrons. The zero-order chi connectivity index (χ0) is 25.1. The average molecular weight is 478 g/mol. The van der Waals surface area contributed by atoms with Crippen LogP contribution in [0.5, 0.6) is 0 Å². The number of fused-ring (bicyclic) bond motifs is 4. The molecule has 0 saturated carbocycles. The number of nitrogens with zero attached hydrogens (tertiary/aromatic N) is 3. The van der Waals surface area contributed by atoms with Gasteiger partial charge in [0, 0.05) is 17.8 Å². The van der Waals surface area contributed by atoms with E-state index >= 15 is 0 Å². The minimum atomic E-state index is 0.925. The second-order valence-corrected chi connectivity index (χ2v) is 9.89. The summed E-state index contributed by atoms with van der Waals surface area (Å²) in [6.45, 7) is 4.36. The van der Waals surface area contributed by atoms with Gasteiger partial charge in [-0.25, -0.2) is 4.98 Å². The molecule has 3 heteroatoms. The number of aromatic nitrogens is 3. The molecule has 0 radical (unpaired) electrons. The van der Waals surface area contributed by atoms with Gasteiger partial charge in [-0.05, 0) is 83.6 Å². The lowest BCUT2D eigenvalue weighted by molar-refractivity contribution is 0.870. The van der Waals surface area contributed by atoms with E-state index < -0.39 is 0 Å². The molecule has 0 amide bonds. The zero-order valence-electron chi connectivity index (χ0n) is 21.2. The van der Waals surface area contributed by atoms with E-state index in [1.807, 2.05) is 6.07 Å². The van der Waals surface area contributed by atoms with Crippen LogP contribution in [-0.4, -0.2) is 14.1 Å². The molecule has 2 aromatic heterocycles. The first-order valence-electron chi connectivity index (χ1n) is 12.7. The van der Waals surface area contributed by atoms with Crippen molar-refractivity contribution in [3.8, 4) is 28.2 Å². The van der Waals surface area contributed by atoms with Crippen molar-refractivity contribution in [2.75, 3.05) is 0 Å². The van der Waals surface area contributed by atoms with Crippen molar-refractivity contribution >= 4 is 32.8 Å². The third-order valence-corrected chi connectivity index (χ3v) is 7.64. The lowest BCUT2D eigenvalue weighted by atomic mass is 9.97. The molecule has 5 aromatic carbocycles. The second kappa shape index (κ2) is 8.21. The van der Waals surface area contributed by atoms with Crippen molar-refractivity contribution in [3.63, 3.8) is 0 Å². The zero-order valence-corrected chi connectivity index (χ0v) is 21.2. The molecule has 7 rings (SSSR count). The largest absolute Gasteiger partial charge is 0.313 e. The van der Waals surface area contributed by atoms with Crippen LogP contribution in [0.1, 0.15) is 11.1 Å². The molecule has 0 aliphatic rings. The number of benzene rings is 5. The summed E-state index contributed by atoms with van der Waals surface area (Å²) in [4.78, 5) is 5.07. The maximum atomic E-state index is 5.07. The predicted octanol–water partition coefficient (Wildman–Crippen LogP) is 8.62. The summed E-state index contributed by atoms with van der Waals surface area (Å²) in [5.74, 6) is 0.925. The van der Waals surface area contributed by atoms with Crippen molar-refractivity contribution in [1.29, 1.82) is 0 Å². The van der Waals surface area contributed by atoms with Crippen LogP contribution < -0.4 is 0 Å². The van der Waals surface area contributed by atoms with E-state index in [4.69, 9.17) is 4.98 Å². The summed E-state index contributed by atoms with van der Waals surface area (Å²) in [5.41, 5.74) is 12.0. The van der Waals surface area contributed by atoms with Crippen LogP contribution >= 0.6 is 0 Å². The van der Waals surface area contributed by atoms with E-state index in [1.165, 1.54) is 44.2 Å². The van der Waals surface area contributed by atoms with E-state index in [9.17, 15) is 0 Å². The maximum Gasteiger partial charge on any atom is 0.215 e. The Balaban J connectivity index is 1.57. The lowest BCUT2D eigenvalue weighted by Gasteiger charge is -2.09. The van der Waals surface area contributed by atoms with Gasteiger partial charge < -0.3 is 4.57 Å². The van der Waals surface area contributed by atoms with Crippen molar-refractivity contribution < 1.29 is 0 Å². The lowest BCUT2D eigenvalue weighted by Crippen LogP contribution is -2.03. The predicted molar refractivity (Wildman–Crippen MR) is 155 cm³/mol. The number of aryl methyl sites for hydroxylation is 3. The van der Waals surface area contributed by atoms with Crippen LogP contribution in [0.25, 0.3) is 61.0 Å². The molecule has 0 atom stereocenters. The van der Waals surface area contributed by atoms with E-state index in [-0.39, 0.29) is 0 Å². The molecular formula is C34H27N3. The highest BCUT2D eigenvalue weighted by Crippen LogP contribution is 2.38. The van der Waals surface area contributed by atoms with E-state index in [0.717, 1.165) is 28.0 Å². The monoisotopic (exact) mass is 477 g/mol. The molecule has 0 N–H and O–H groups in total. The van der Waals surface area contributed by atoms with Gasteiger partial charge in [0.2, 0.25) is 5.95 Å². The standard InChI is InChI=1S/C34H27N3/c1-22-10-4-6-12-26(22)24-16-18-31-28(20-24)29-21-25(27-13-7-5-11-23(27)2)17-19-32(29)37(31)34-35-30-14-8-9-15-33(30)36(34)3/h4-21H,1-3H3. The summed E-state index contributed by atoms with van der Waals surface area (Å²) in [6.07, 6.45) is 0. The molecule has 0 aliphatic heterocycles. The first-order valence-corrected chi connectivity index (χ1v) is 12.7. The minimum Gasteiger partial charge on any atom is -0.313 e. The van der Waals surface area contributed by atoms with Gasteiger partial charge in [0.15, 0.2) is 0 Å². The second-order valence-electron chi connectivity index (χ2n) is 9.89. The Kier molecular flexibility index (Phi) is 4.80. The van der Waals surface area contributed by atoms with Crippen LogP contribution in [0.4, 0.5) is 0 Å². The molecule has 0 saturated heterocycles. The van der Waals surface area contributed by atoms with E-state index in [0.29, 0.717) is 0 Å². The molecule has 0 spiro atoms. The first kappa shape index (κ1) is 21.6. The highest BCUT2D eigenvalue weighted by Gasteiger charge is 2.19. The molecule has 0 unspecified atom stereocenters. The smallest absolute Gasteiger partial charge is 0.215 e. The van der Waals surface area contributed by atoms with E-state index in [2.05, 4.69) is 133 Å². The topological polar surface area (TPSA) is 22.8 Å². The van der Waals surface area contributed by atoms with Crippen LogP contribution in [0.15, 0.2) is 109 Å². The maximum absolute atomic E-state index is 5.07. The fourth-order valence-electron chi connectivity index (χ4n) is 5.70. The van der Waals surface area contributed by atoms with Crippen LogP contribution in [0.2, 0.25) is 0 Å². The Labute approximate surface area is 216 Å².